The summed E-state index contributed by atoms with van der Waals surface area (Å²) in [6.07, 6.45) is 3.24. The Balaban J connectivity index is 2.52. The van der Waals surface area contributed by atoms with E-state index in [-0.39, 0.29) is 5.91 Å². The van der Waals surface area contributed by atoms with Crippen LogP contribution in [0, 0.1) is 0 Å². The normalized spacial score (nSPS) is 13.5. The number of benzene rings is 1. The van der Waals surface area contributed by atoms with Gasteiger partial charge >= 0.3 is 0 Å². The van der Waals surface area contributed by atoms with Gasteiger partial charge in [0.25, 0.3) is 0 Å². The SMILES string of the molecule is CN(C)CCCN[C@H](NC(=O)/C=C/c1ccccc1)C(Cl)(Cl)Cl. The Kier molecular flexibility index (Phi) is 8.95. The van der Waals surface area contributed by atoms with Crippen LogP contribution in [0.2, 0.25) is 0 Å². The minimum absolute atomic E-state index is 0.328. The van der Waals surface area contributed by atoms with Crippen LogP contribution in [0.3, 0.4) is 0 Å². The van der Waals surface area contributed by atoms with Gasteiger partial charge in [-0.25, -0.2) is 0 Å². The molecule has 1 aromatic rings. The lowest BCUT2D eigenvalue weighted by molar-refractivity contribution is -0.117. The molecule has 0 saturated carbocycles. The van der Waals surface area contributed by atoms with Crippen LogP contribution >= 0.6 is 34.8 Å². The van der Waals surface area contributed by atoms with Crippen molar-refractivity contribution in [2.24, 2.45) is 0 Å². The number of amides is 1. The molecule has 128 valence electrons. The van der Waals surface area contributed by atoms with Crippen molar-refractivity contribution < 1.29 is 4.79 Å². The number of halogens is 3. The number of carbonyl (C=O) groups excluding carboxylic acids is 1. The van der Waals surface area contributed by atoms with E-state index in [0.29, 0.717) is 6.54 Å². The van der Waals surface area contributed by atoms with Crippen molar-refractivity contribution in [3.8, 4) is 0 Å². The fourth-order valence-electron chi connectivity index (χ4n) is 1.82. The Labute approximate surface area is 152 Å². The zero-order valence-electron chi connectivity index (χ0n) is 13.2. The predicted molar refractivity (Wildman–Crippen MR) is 98.9 cm³/mol. The van der Waals surface area contributed by atoms with Crippen LogP contribution in [0.5, 0.6) is 0 Å². The van der Waals surface area contributed by atoms with Gasteiger partial charge in [0, 0.05) is 6.08 Å². The number of nitrogens with one attached hydrogen (secondary N) is 2. The van der Waals surface area contributed by atoms with E-state index in [1.54, 1.807) is 6.08 Å². The first-order valence-electron chi connectivity index (χ1n) is 7.27. The zero-order valence-corrected chi connectivity index (χ0v) is 15.5. The van der Waals surface area contributed by atoms with Crippen LogP contribution in [0.15, 0.2) is 36.4 Å². The molecule has 0 spiro atoms. The third-order valence-corrected chi connectivity index (χ3v) is 3.63. The van der Waals surface area contributed by atoms with Crippen molar-refractivity contribution in [2.45, 2.75) is 16.4 Å². The summed E-state index contributed by atoms with van der Waals surface area (Å²) in [4.78, 5) is 14.1. The highest BCUT2D eigenvalue weighted by Crippen LogP contribution is 2.29. The topological polar surface area (TPSA) is 44.4 Å². The van der Waals surface area contributed by atoms with Gasteiger partial charge in [-0.1, -0.05) is 65.1 Å². The summed E-state index contributed by atoms with van der Waals surface area (Å²) in [5.74, 6) is -0.328. The molecule has 23 heavy (non-hydrogen) atoms. The molecule has 0 aliphatic carbocycles. The number of nitrogens with zero attached hydrogens (tertiary/aromatic N) is 1. The second kappa shape index (κ2) is 10.2. The molecular weight excluding hydrogens is 357 g/mol. The van der Waals surface area contributed by atoms with E-state index in [1.165, 1.54) is 6.08 Å². The maximum atomic E-state index is 12.0. The summed E-state index contributed by atoms with van der Waals surface area (Å²) in [7, 11) is 3.98. The van der Waals surface area contributed by atoms with Crippen LogP contribution in [0.25, 0.3) is 6.08 Å². The third-order valence-electron chi connectivity index (χ3n) is 2.97. The smallest absolute Gasteiger partial charge is 0.245 e. The third kappa shape index (κ3) is 9.18. The van der Waals surface area contributed by atoms with Crippen molar-refractivity contribution in [3.05, 3.63) is 42.0 Å². The lowest BCUT2D eigenvalue weighted by atomic mass is 10.2. The van der Waals surface area contributed by atoms with Gasteiger partial charge < -0.3 is 10.2 Å². The monoisotopic (exact) mass is 377 g/mol. The van der Waals surface area contributed by atoms with Gasteiger partial charge in [0.2, 0.25) is 9.70 Å². The molecule has 2 N–H and O–H groups in total. The molecule has 1 atom stereocenters. The van der Waals surface area contributed by atoms with Crippen LogP contribution in [0.4, 0.5) is 0 Å². The average molecular weight is 379 g/mol. The molecule has 0 heterocycles. The van der Waals surface area contributed by atoms with E-state index >= 15 is 0 Å². The molecule has 0 radical (unpaired) electrons. The molecule has 4 nitrogen and oxygen atoms in total. The number of hydrogen-bond acceptors (Lipinski definition) is 3. The van der Waals surface area contributed by atoms with Crippen LogP contribution in [0.1, 0.15) is 12.0 Å². The van der Waals surface area contributed by atoms with Crippen molar-refractivity contribution >= 4 is 46.8 Å². The van der Waals surface area contributed by atoms with E-state index < -0.39 is 9.96 Å². The lowest BCUT2D eigenvalue weighted by Crippen LogP contribution is -2.53. The molecular formula is C16H22Cl3N3O. The van der Waals surface area contributed by atoms with Gasteiger partial charge in [-0.3, -0.25) is 10.1 Å². The van der Waals surface area contributed by atoms with Crippen molar-refractivity contribution in [3.63, 3.8) is 0 Å². The van der Waals surface area contributed by atoms with Gasteiger partial charge in [-0.15, -0.1) is 0 Å². The molecule has 0 unspecified atom stereocenters. The maximum absolute atomic E-state index is 12.0. The first kappa shape index (κ1) is 20.3. The Morgan fingerprint density at radius 1 is 1.26 bits per heavy atom. The first-order chi connectivity index (χ1) is 10.8. The van der Waals surface area contributed by atoms with Crippen LogP contribution in [-0.2, 0) is 4.79 Å². The molecule has 0 bridgehead atoms. The van der Waals surface area contributed by atoms with E-state index in [1.807, 2.05) is 44.4 Å². The maximum Gasteiger partial charge on any atom is 0.245 e. The Morgan fingerprint density at radius 2 is 1.91 bits per heavy atom. The lowest BCUT2D eigenvalue weighted by Gasteiger charge is -2.26. The van der Waals surface area contributed by atoms with Gasteiger partial charge in [-0.2, -0.15) is 0 Å². The summed E-state index contributed by atoms with van der Waals surface area (Å²) in [5.41, 5.74) is 0.923. The highest BCUT2D eigenvalue weighted by Gasteiger charge is 2.33. The largest absolute Gasteiger partial charge is 0.333 e. The van der Waals surface area contributed by atoms with Crippen molar-refractivity contribution in [2.75, 3.05) is 27.2 Å². The predicted octanol–water partition coefficient (Wildman–Crippen LogP) is 3.05. The minimum atomic E-state index is -1.63. The molecule has 1 rings (SSSR count). The summed E-state index contributed by atoms with van der Waals surface area (Å²) in [6, 6.07) is 9.50. The highest BCUT2D eigenvalue weighted by molar-refractivity contribution is 6.68. The molecule has 0 aliphatic heterocycles. The van der Waals surface area contributed by atoms with Gasteiger partial charge in [0.05, 0.1) is 0 Å². The molecule has 1 aromatic carbocycles. The second-order valence-corrected chi connectivity index (χ2v) is 7.71. The Hall–Kier alpha value is -0.780. The van der Waals surface area contributed by atoms with Crippen molar-refractivity contribution in [1.29, 1.82) is 0 Å². The Morgan fingerprint density at radius 3 is 2.48 bits per heavy atom. The summed E-state index contributed by atoms with van der Waals surface area (Å²) < 4.78 is -1.63. The molecule has 0 aromatic heterocycles. The second-order valence-electron chi connectivity index (χ2n) is 5.34. The highest BCUT2D eigenvalue weighted by atomic mass is 35.6. The summed E-state index contributed by atoms with van der Waals surface area (Å²) in [5, 5.41) is 5.72. The molecule has 0 saturated heterocycles. The van der Waals surface area contributed by atoms with Gasteiger partial charge in [-0.05, 0) is 45.2 Å². The number of rotatable bonds is 8. The summed E-state index contributed by atoms with van der Waals surface area (Å²) in [6.45, 7) is 1.53. The molecule has 1 amide bonds. The van der Waals surface area contributed by atoms with E-state index in [9.17, 15) is 4.79 Å². The standard InChI is InChI=1S/C16H22Cl3N3O/c1-22(2)12-6-11-20-15(16(17,18)19)21-14(23)10-9-13-7-4-3-5-8-13/h3-5,7-10,15,20H,6,11-12H2,1-2H3,(H,21,23)/b10-9+/t15-/m1/s1. The number of carbonyl (C=O) groups is 1. The van der Waals surface area contributed by atoms with Crippen LogP contribution in [-0.4, -0.2) is 48.0 Å². The van der Waals surface area contributed by atoms with Crippen LogP contribution < -0.4 is 10.6 Å². The Bertz CT molecular complexity index is 501. The minimum Gasteiger partial charge on any atom is -0.333 e. The quantitative estimate of drug-likeness (QED) is 0.316. The van der Waals surface area contributed by atoms with E-state index in [4.69, 9.17) is 34.8 Å². The first-order valence-corrected chi connectivity index (χ1v) is 8.41. The number of alkyl halides is 3. The summed E-state index contributed by atoms with van der Waals surface area (Å²) >= 11 is 17.8. The van der Waals surface area contributed by atoms with E-state index in [0.717, 1.165) is 18.5 Å². The van der Waals surface area contributed by atoms with Gasteiger partial charge in [0.1, 0.15) is 6.17 Å². The van der Waals surface area contributed by atoms with Crippen molar-refractivity contribution in [1.82, 2.24) is 15.5 Å². The zero-order chi connectivity index (χ0) is 17.3. The van der Waals surface area contributed by atoms with E-state index in [2.05, 4.69) is 15.5 Å². The fourth-order valence-corrected chi connectivity index (χ4v) is 2.21. The molecule has 7 heteroatoms. The number of hydrogen-bond donors (Lipinski definition) is 2. The van der Waals surface area contributed by atoms with Gasteiger partial charge in [0.15, 0.2) is 0 Å². The average Bonchev–Trinajstić information content (AvgIpc) is 2.48. The fraction of sp³-hybridized carbons (Fsp3) is 0.438. The molecule has 0 fully saturated rings. The molecule has 0 aliphatic rings.